The highest BCUT2D eigenvalue weighted by molar-refractivity contribution is 6.11. The first-order valence-electron chi connectivity index (χ1n) is 12.7. The van der Waals surface area contributed by atoms with Gasteiger partial charge in [0.1, 0.15) is 5.82 Å². The molecule has 2 N–H and O–H groups in total. The number of hydrogen-bond donors (Lipinski definition) is 2. The fraction of sp³-hybridized carbons (Fsp3) is 0.258. The lowest BCUT2D eigenvalue weighted by Gasteiger charge is -2.39. The molecule has 4 aromatic rings. The molecule has 3 heterocycles. The van der Waals surface area contributed by atoms with E-state index in [1.807, 2.05) is 31.2 Å². The maximum absolute atomic E-state index is 13.8. The van der Waals surface area contributed by atoms with Gasteiger partial charge in [-0.05, 0) is 48.6 Å². The minimum atomic E-state index is -0.467. The number of aromatic nitrogens is 2. The summed E-state index contributed by atoms with van der Waals surface area (Å²) < 4.78 is 2.18. The molecule has 1 amide bonds. The van der Waals surface area contributed by atoms with Crippen LogP contribution in [0.25, 0.3) is 21.8 Å². The molecule has 0 spiro atoms. The largest absolute Gasteiger partial charge is 0.362 e. The Morgan fingerprint density at radius 2 is 1.78 bits per heavy atom. The lowest BCUT2D eigenvalue weighted by Crippen LogP contribution is -2.39. The van der Waals surface area contributed by atoms with Gasteiger partial charge in [-0.25, -0.2) is 4.98 Å². The zero-order valence-electron chi connectivity index (χ0n) is 21.6. The maximum atomic E-state index is 13.8. The zero-order chi connectivity index (χ0) is 25.9. The van der Waals surface area contributed by atoms with E-state index in [9.17, 15) is 9.59 Å². The van der Waals surface area contributed by atoms with Crippen LogP contribution in [0.15, 0.2) is 89.4 Å². The first-order chi connectivity index (χ1) is 17.7. The number of pyridine rings is 1. The van der Waals surface area contributed by atoms with Crippen LogP contribution in [0.5, 0.6) is 0 Å². The van der Waals surface area contributed by atoms with E-state index in [0.29, 0.717) is 23.4 Å². The molecule has 6 nitrogen and oxygen atoms in total. The van der Waals surface area contributed by atoms with Gasteiger partial charge in [0.05, 0.1) is 0 Å². The van der Waals surface area contributed by atoms with E-state index in [1.54, 1.807) is 12.3 Å². The molecule has 1 aliphatic carbocycles. The fourth-order valence-corrected chi connectivity index (χ4v) is 6.05. The van der Waals surface area contributed by atoms with Crippen molar-refractivity contribution in [3.8, 4) is 0 Å². The topological polar surface area (TPSA) is 76.0 Å². The van der Waals surface area contributed by atoms with Gasteiger partial charge in [0.2, 0.25) is 0 Å². The summed E-state index contributed by atoms with van der Waals surface area (Å²) in [6, 6.07) is 20.1. The number of hydrogen-bond acceptors (Lipinski definition) is 4. The molecule has 186 valence electrons. The smallest absolute Gasteiger partial charge is 0.255 e. The fourth-order valence-electron chi connectivity index (χ4n) is 6.05. The van der Waals surface area contributed by atoms with Crippen LogP contribution in [0.2, 0.25) is 0 Å². The van der Waals surface area contributed by atoms with Crippen LogP contribution in [-0.2, 0) is 16.6 Å². The Kier molecular flexibility index (Phi) is 5.30. The van der Waals surface area contributed by atoms with E-state index in [-0.39, 0.29) is 17.1 Å². The van der Waals surface area contributed by atoms with Gasteiger partial charge in [-0.2, -0.15) is 0 Å². The molecule has 0 fully saturated rings. The average molecular weight is 491 g/mol. The lowest BCUT2D eigenvalue weighted by molar-refractivity contribution is -0.118. The lowest BCUT2D eigenvalue weighted by atomic mass is 9.68. The average Bonchev–Trinajstić information content (AvgIpc) is 3.14. The highest BCUT2D eigenvalue weighted by atomic mass is 16.2. The molecule has 1 aliphatic heterocycles. The number of amides is 1. The van der Waals surface area contributed by atoms with Gasteiger partial charge in [0.15, 0.2) is 5.78 Å². The second-order valence-corrected chi connectivity index (χ2v) is 11.0. The molecule has 0 bridgehead atoms. The van der Waals surface area contributed by atoms with Gasteiger partial charge < -0.3 is 15.2 Å². The van der Waals surface area contributed by atoms with Gasteiger partial charge in [-0.15, -0.1) is 0 Å². The Hall–Kier alpha value is -4.19. The number of allylic oxidation sites excluding steroid dienone is 3. The van der Waals surface area contributed by atoms with Gasteiger partial charge >= 0.3 is 0 Å². The number of fused-ring (bicyclic) bond motifs is 3. The summed E-state index contributed by atoms with van der Waals surface area (Å²) in [4.78, 5) is 31.7. The first-order valence-corrected chi connectivity index (χ1v) is 12.7. The van der Waals surface area contributed by atoms with Crippen molar-refractivity contribution in [1.29, 1.82) is 0 Å². The van der Waals surface area contributed by atoms with Crippen LogP contribution in [0.3, 0.4) is 0 Å². The van der Waals surface area contributed by atoms with Crippen LogP contribution in [0.1, 0.15) is 45.1 Å². The number of nitrogens with one attached hydrogen (secondary N) is 2. The Morgan fingerprint density at radius 1 is 1.03 bits per heavy atom. The molecular formula is C31H30N4O2. The van der Waals surface area contributed by atoms with Crippen molar-refractivity contribution < 1.29 is 9.59 Å². The quantitative estimate of drug-likeness (QED) is 0.371. The van der Waals surface area contributed by atoms with Crippen molar-refractivity contribution in [2.45, 2.75) is 39.5 Å². The van der Waals surface area contributed by atoms with E-state index in [1.165, 1.54) is 5.39 Å². The predicted octanol–water partition coefficient (Wildman–Crippen LogP) is 5.97. The minimum absolute atomic E-state index is 0.0940. The van der Waals surface area contributed by atoms with Crippen molar-refractivity contribution in [3.63, 3.8) is 0 Å². The first kappa shape index (κ1) is 23.2. The third-order valence-electron chi connectivity index (χ3n) is 7.66. The summed E-state index contributed by atoms with van der Waals surface area (Å²) in [5, 5.41) is 8.74. The van der Waals surface area contributed by atoms with Crippen LogP contribution >= 0.6 is 0 Å². The monoisotopic (exact) mass is 490 g/mol. The summed E-state index contributed by atoms with van der Waals surface area (Å²) in [5.41, 5.74) is 5.97. The molecular weight excluding hydrogens is 460 g/mol. The third kappa shape index (κ3) is 3.84. The van der Waals surface area contributed by atoms with E-state index in [2.05, 4.69) is 71.4 Å². The molecule has 1 atom stereocenters. The second-order valence-electron chi connectivity index (χ2n) is 11.0. The summed E-state index contributed by atoms with van der Waals surface area (Å²) in [6.45, 7) is 6.16. The van der Waals surface area contributed by atoms with E-state index in [0.717, 1.165) is 39.8 Å². The number of carbonyl (C=O) groups is 2. The summed E-state index contributed by atoms with van der Waals surface area (Å²) in [7, 11) is 2.06. The van der Waals surface area contributed by atoms with E-state index < -0.39 is 5.92 Å². The van der Waals surface area contributed by atoms with Gasteiger partial charge in [0.25, 0.3) is 5.91 Å². The highest BCUT2D eigenvalue weighted by Gasteiger charge is 2.42. The number of para-hydroxylation sites is 1. The number of nitrogens with zero attached hydrogens (tertiary/aromatic N) is 2. The van der Waals surface area contributed by atoms with E-state index in [4.69, 9.17) is 0 Å². The number of Topliss-reactive ketones (excluding diaryl/α,β-unsaturated/α-hetero) is 1. The van der Waals surface area contributed by atoms with Crippen molar-refractivity contribution in [3.05, 3.63) is 95.0 Å². The van der Waals surface area contributed by atoms with Crippen LogP contribution in [0.4, 0.5) is 5.82 Å². The molecule has 6 heteroatoms. The number of rotatable bonds is 3. The third-order valence-corrected chi connectivity index (χ3v) is 7.66. The van der Waals surface area contributed by atoms with Crippen molar-refractivity contribution in [2.24, 2.45) is 12.5 Å². The number of carbonyl (C=O) groups excluding carboxylic acids is 2. The SMILES string of the molecule is CC1=C(C(=O)Nc2ccccn2)[C@@H](c2ccc3c4ccccc4n(C)c3c2)C2=C(CC(C)(C)CC2=O)N1. The Bertz CT molecular complexity index is 1660. The second kappa shape index (κ2) is 8.44. The number of aryl methyl sites for hydroxylation is 1. The van der Waals surface area contributed by atoms with Crippen molar-refractivity contribution >= 4 is 39.3 Å². The van der Waals surface area contributed by atoms with E-state index >= 15 is 0 Å². The van der Waals surface area contributed by atoms with Crippen LogP contribution in [-0.4, -0.2) is 21.2 Å². The van der Waals surface area contributed by atoms with Gasteiger partial charge in [-0.1, -0.05) is 50.2 Å². The Labute approximate surface area is 216 Å². The number of dihydropyridines is 1. The molecule has 6 rings (SSSR count). The molecule has 2 aliphatic rings. The standard InChI is InChI=1S/C31H30N4O2/c1-18-27(30(37)34-26-11-7-8-14-32-26)28(29-22(33-18)16-31(2,3)17-25(29)36)19-12-13-21-20-9-5-6-10-23(20)35(4)24(21)15-19/h5-15,28,33H,16-17H2,1-4H3,(H,32,34,37)/t28-/m1/s1. The normalized spacial score (nSPS) is 19.2. The molecule has 2 aromatic carbocycles. The molecule has 0 unspecified atom stereocenters. The molecule has 0 saturated heterocycles. The summed E-state index contributed by atoms with van der Waals surface area (Å²) >= 11 is 0. The van der Waals surface area contributed by atoms with Crippen molar-refractivity contribution in [2.75, 3.05) is 5.32 Å². The molecule has 37 heavy (non-hydrogen) atoms. The summed E-state index contributed by atoms with van der Waals surface area (Å²) in [6.07, 6.45) is 2.86. The van der Waals surface area contributed by atoms with Crippen molar-refractivity contribution in [1.82, 2.24) is 14.9 Å². The molecule has 2 aromatic heterocycles. The summed E-state index contributed by atoms with van der Waals surface area (Å²) in [5.74, 6) is -0.149. The van der Waals surface area contributed by atoms with Crippen LogP contribution < -0.4 is 10.6 Å². The minimum Gasteiger partial charge on any atom is -0.362 e. The predicted molar refractivity (Wildman–Crippen MR) is 147 cm³/mol. The molecule has 0 radical (unpaired) electrons. The maximum Gasteiger partial charge on any atom is 0.255 e. The Morgan fingerprint density at radius 3 is 2.57 bits per heavy atom. The molecule has 0 saturated carbocycles. The van der Waals surface area contributed by atoms with Gasteiger partial charge in [-0.3, -0.25) is 9.59 Å². The number of ketones is 1. The van der Waals surface area contributed by atoms with Gasteiger partial charge in [0, 0.05) is 69.9 Å². The zero-order valence-corrected chi connectivity index (χ0v) is 21.6. The highest BCUT2D eigenvalue weighted by Crippen LogP contribution is 2.47. The van der Waals surface area contributed by atoms with Crippen LogP contribution in [0, 0.1) is 5.41 Å². The Balaban J connectivity index is 1.54. The number of benzene rings is 2. The number of anilines is 1.